The van der Waals surface area contributed by atoms with Crippen molar-refractivity contribution in [2.45, 2.75) is 24.3 Å². The molecule has 0 fully saturated rings. The number of halogens is 1. The van der Waals surface area contributed by atoms with Gasteiger partial charge in [-0.15, -0.1) is 0 Å². The van der Waals surface area contributed by atoms with Crippen LogP contribution in [0.3, 0.4) is 0 Å². The summed E-state index contributed by atoms with van der Waals surface area (Å²) in [7, 11) is -3.49. The first-order valence-corrected chi connectivity index (χ1v) is 8.90. The lowest BCUT2D eigenvalue weighted by atomic mass is 10.1. The van der Waals surface area contributed by atoms with Crippen molar-refractivity contribution in [1.82, 2.24) is 0 Å². The second-order valence-corrected chi connectivity index (χ2v) is 8.00. The van der Waals surface area contributed by atoms with Crippen LogP contribution in [0.25, 0.3) is 0 Å². The Balaban J connectivity index is 2.10. The smallest absolute Gasteiger partial charge is 0.263 e. The first-order chi connectivity index (χ1) is 9.50. The lowest BCUT2D eigenvalue weighted by Crippen LogP contribution is -2.35. The third-order valence-corrected chi connectivity index (χ3v) is 6.18. The minimum atomic E-state index is -3.49. The highest BCUT2D eigenvalue weighted by Gasteiger charge is 2.35. The van der Waals surface area contributed by atoms with Crippen LogP contribution in [0.15, 0.2) is 53.4 Å². The molecule has 0 radical (unpaired) electrons. The molecule has 0 bridgehead atoms. The summed E-state index contributed by atoms with van der Waals surface area (Å²) in [6, 6.07) is 14.6. The molecule has 3 rings (SSSR count). The highest BCUT2D eigenvalue weighted by molar-refractivity contribution is 14.1. The molecule has 2 aromatic rings. The van der Waals surface area contributed by atoms with E-state index in [9.17, 15) is 8.42 Å². The standard InChI is InChI=1S/C15H14INO2S/c1-11-10-12-4-2-3-5-15(12)17(11)20(18,19)14-8-6-13(16)7-9-14/h2-9,11H,10H2,1H3/t11-/m0/s1. The van der Waals surface area contributed by atoms with Gasteiger partial charge in [0.25, 0.3) is 10.0 Å². The number of benzene rings is 2. The normalized spacial score (nSPS) is 18.1. The highest BCUT2D eigenvalue weighted by Crippen LogP contribution is 2.36. The molecule has 1 atom stereocenters. The first kappa shape index (κ1) is 13.9. The van der Waals surface area contributed by atoms with Crippen molar-refractivity contribution in [3.8, 4) is 0 Å². The van der Waals surface area contributed by atoms with E-state index in [0.717, 1.165) is 21.2 Å². The zero-order valence-electron chi connectivity index (χ0n) is 11.0. The Morgan fingerprint density at radius 2 is 1.75 bits per heavy atom. The summed E-state index contributed by atoms with van der Waals surface area (Å²) < 4.78 is 28.3. The predicted molar refractivity (Wildman–Crippen MR) is 88.4 cm³/mol. The number of hydrogen-bond acceptors (Lipinski definition) is 2. The molecule has 20 heavy (non-hydrogen) atoms. The maximum absolute atomic E-state index is 12.8. The van der Waals surface area contributed by atoms with Gasteiger partial charge in [-0.3, -0.25) is 4.31 Å². The Kier molecular flexibility index (Phi) is 3.50. The van der Waals surface area contributed by atoms with Gasteiger partial charge in [0.2, 0.25) is 0 Å². The van der Waals surface area contributed by atoms with Crippen molar-refractivity contribution in [3.63, 3.8) is 0 Å². The molecule has 5 heteroatoms. The third kappa shape index (κ3) is 2.22. The van der Waals surface area contributed by atoms with Crippen LogP contribution in [-0.4, -0.2) is 14.5 Å². The molecular formula is C15H14INO2S. The number of sulfonamides is 1. The zero-order valence-corrected chi connectivity index (χ0v) is 13.9. The van der Waals surface area contributed by atoms with Gasteiger partial charge in [0.1, 0.15) is 0 Å². The molecule has 3 nitrogen and oxygen atoms in total. The van der Waals surface area contributed by atoms with Crippen LogP contribution in [0.2, 0.25) is 0 Å². The highest BCUT2D eigenvalue weighted by atomic mass is 127. The molecule has 0 amide bonds. The van der Waals surface area contributed by atoms with Crippen molar-refractivity contribution in [2.75, 3.05) is 4.31 Å². The van der Waals surface area contributed by atoms with Gasteiger partial charge in [0.15, 0.2) is 0 Å². The summed E-state index contributed by atoms with van der Waals surface area (Å²) in [5.74, 6) is 0. The van der Waals surface area contributed by atoms with Crippen molar-refractivity contribution in [2.24, 2.45) is 0 Å². The topological polar surface area (TPSA) is 37.4 Å². The average Bonchev–Trinajstić information content (AvgIpc) is 2.75. The quantitative estimate of drug-likeness (QED) is 0.726. The fraction of sp³-hybridized carbons (Fsp3) is 0.200. The van der Waals surface area contributed by atoms with Gasteiger partial charge in [0, 0.05) is 9.61 Å². The molecule has 0 spiro atoms. The van der Waals surface area contributed by atoms with Gasteiger partial charge in [-0.25, -0.2) is 8.42 Å². The largest absolute Gasteiger partial charge is 0.264 e. The number of rotatable bonds is 2. The molecule has 104 valence electrons. The number of hydrogen-bond donors (Lipinski definition) is 0. The van der Waals surface area contributed by atoms with Gasteiger partial charge < -0.3 is 0 Å². The number of para-hydroxylation sites is 1. The predicted octanol–water partition coefficient (Wildman–Crippen LogP) is 3.43. The van der Waals surface area contributed by atoms with Gasteiger partial charge >= 0.3 is 0 Å². The van der Waals surface area contributed by atoms with Gasteiger partial charge in [-0.2, -0.15) is 0 Å². The molecule has 1 aliphatic rings. The van der Waals surface area contributed by atoms with E-state index >= 15 is 0 Å². The van der Waals surface area contributed by atoms with E-state index in [0.29, 0.717) is 4.90 Å². The monoisotopic (exact) mass is 399 g/mol. The summed E-state index contributed by atoms with van der Waals surface area (Å²) in [6.45, 7) is 1.95. The fourth-order valence-electron chi connectivity index (χ4n) is 2.62. The van der Waals surface area contributed by atoms with Crippen LogP contribution >= 0.6 is 22.6 Å². The minimum absolute atomic E-state index is 0.0447. The molecule has 0 unspecified atom stereocenters. The lowest BCUT2D eigenvalue weighted by Gasteiger charge is -2.24. The maximum Gasteiger partial charge on any atom is 0.264 e. The second kappa shape index (κ2) is 5.04. The van der Waals surface area contributed by atoms with Crippen LogP contribution in [0.4, 0.5) is 5.69 Å². The summed E-state index contributed by atoms with van der Waals surface area (Å²) in [4.78, 5) is 0.349. The Bertz CT molecular complexity index is 741. The van der Waals surface area contributed by atoms with Crippen LogP contribution in [0.5, 0.6) is 0 Å². The van der Waals surface area contributed by atoms with E-state index < -0.39 is 10.0 Å². The maximum atomic E-state index is 12.8. The summed E-state index contributed by atoms with van der Waals surface area (Å²) in [6.07, 6.45) is 0.764. The zero-order chi connectivity index (χ0) is 14.3. The number of nitrogens with zero attached hydrogens (tertiary/aromatic N) is 1. The van der Waals surface area contributed by atoms with Crippen LogP contribution in [-0.2, 0) is 16.4 Å². The Labute approximate surface area is 132 Å². The van der Waals surface area contributed by atoms with E-state index in [1.165, 1.54) is 0 Å². The number of anilines is 1. The minimum Gasteiger partial charge on any atom is -0.263 e. The van der Waals surface area contributed by atoms with E-state index in [-0.39, 0.29) is 6.04 Å². The van der Waals surface area contributed by atoms with Crippen molar-refractivity contribution >= 4 is 38.3 Å². The molecular weight excluding hydrogens is 385 g/mol. The van der Waals surface area contributed by atoms with E-state index in [2.05, 4.69) is 22.6 Å². The third-order valence-electron chi connectivity index (χ3n) is 3.52. The molecule has 0 saturated carbocycles. The molecule has 2 aromatic carbocycles. The van der Waals surface area contributed by atoms with Gasteiger partial charge in [0.05, 0.1) is 10.6 Å². The van der Waals surface area contributed by atoms with Crippen LogP contribution in [0.1, 0.15) is 12.5 Å². The molecule has 0 saturated heterocycles. The van der Waals surface area contributed by atoms with Crippen molar-refractivity contribution in [3.05, 3.63) is 57.7 Å². The number of fused-ring (bicyclic) bond motifs is 1. The molecule has 0 aromatic heterocycles. The Hall–Kier alpha value is -1.08. The SMILES string of the molecule is C[C@H]1Cc2ccccc2N1S(=O)(=O)c1ccc(I)cc1. The molecule has 0 N–H and O–H groups in total. The molecule has 0 aliphatic carbocycles. The average molecular weight is 399 g/mol. The molecule has 1 aliphatic heterocycles. The van der Waals surface area contributed by atoms with Gasteiger partial charge in [-0.05, 0) is 71.8 Å². The van der Waals surface area contributed by atoms with E-state index in [4.69, 9.17) is 0 Å². The van der Waals surface area contributed by atoms with E-state index in [1.54, 1.807) is 16.4 Å². The lowest BCUT2D eigenvalue weighted by molar-refractivity contribution is 0.584. The van der Waals surface area contributed by atoms with Crippen LogP contribution in [0, 0.1) is 3.57 Å². The van der Waals surface area contributed by atoms with Gasteiger partial charge in [-0.1, -0.05) is 18.2 Å². The fourth-order valence-corrected chi connectivity index (χ4v) is 4.68. The van der Waals surface area contributed by atoms with Crippen molar-refractivity contribution < 1.29 is 8.42 Å². The van der Waals surface area contributed by atoms with Crippen LogP contribution < -0.4 is 4.31 Å². The summed E-state index contributed by atoms with van der Waals surface area (Å²) >= 11 is 2.17. The van der Waals surface area contributed by atoms with E-state index in [1.807, 2.05) is 43.3 Å². The Morgan fingerprint density at radius 3 is 2.45 bits per heavy atom. The second-order valence-electron chi connectivity index (χ2n) is 4.94. The first-order valence-electron chi connectivity index (χ1n) is 6.38. The Morgan fingerprint density at radius 1 is 1.10 bits per heavy atom. The summed E-state index contributed by atoms with van der Waals surface area (Å²) in [5, 5.41) is 0. The molecule has 1 heterocycles. The summed E-state index contributed by atoms with van der Waals surface area (Å²) in [5.41, 5.74) is 1.90. The van der Waals surface area contributed by atoms with Crippen molar-refractivity contribution in [1.29, 1.82) is 0 Å².